The number of anilines is 1. The number of carbonyl (C=O) groups excluding carboxylic acids is 3. The zero-order chi connectivity index (χ0) is 25.6. The van der Waals surface area contributed by atoms with Crippen LogP contribution in [0.5, 0.6) is 0 Å². The van der Waals surface area contributed by atoms with E-state index in [1.165, 1.54) is 5.56 Å². The molecule has 0 fully saturated rings. The Morgan fingerprint density at radius 3 is 2.08 bits per heavy atom. The molecule has 0 aliphatic rings. The maximum Gasteiger partial charge on any atom is 0.306 e. The van der Waals surface area contributed by atoms with Crippen LogP contribution in [0.15, 0.2) is 84.9 Å². The minimum Gasteiger partial charge on any atom is -0.466 e. The number of thiocarbonyl (C=S) groups is 1. The predicted octanol–water partition coefficient (Wildman–Crippen LogP) is 4.39. The highest BCUT2D eigenvalue weighted by atomic mass is 32.1. The van der Waals surface area contributed by atoms with E-state index < -0.39 is 5.97 Å². The van der Waals surface area contributed by atoms with Crippen molar-refractivity contribution in [3.63, 3.8) is 0 Å². The van der Waals surface area contributed by atoms with E-state index in [0.717, 1.165) is 18.4 Å². The number of rotatable bonds is 11. The molecule has 0 aromatic heterocycles. The number of hydrogen-bond donors (Lipinski definition) is 3. The van der Waals surface area contributed by atoms with Gasteiger partial charge in [-0.25, -0.2) is 0 Å². The summed E-state index contributed by atoms with van der Waals surface area (Å²) in [6.45, 7) is 0.757. The van der Waals surface area contributed by atoms with E-state index in [0.29, 0.717) is 24.4 Å². The summed E-state index contributed by atoms with van der Waals surface area (Å²) in [6.07, 6.45) is 1.50. The predicted molar refractivity (Wildman–Crippen MR) is 143 cm³/mol. The van der Waals surface area contributed by atoms with Gasteiger partial charge in [0.1, 0.15) is 0 Å². The van der Waals surface area contributed by atoms with Gasteiger partial charge in [0.15, 0.2) is 5.11 Å². The molecule has 0 saturated carbocycles. The average Bonchev–Trinajstić information content (AvgIpc) is 2.90. The number of hydrogen-bond acceptors (Lipinski definition) is 5. The molecule has 3 rings (SSSR count). The van der Waals surface area contributed by atoms with Crippen LogP contribution >= 0.6 is 12.2 Å². The van der Waals surface area contributed by atoms with E-state index >= 15 is 0 Å². The van der Waals surface area contributed by atoms with Gasteiger partial charge in [0.25, 0.3) is 5.91 Å². The Morgan fingerprint density at radius 2 is 1.42 bits per heavy atom. The van der Waals surface area contributed by atoms with Gasteiger partial charge < -0.3 is 20.7 Å². The lowest BCUT2D eigenvalue weighted by atomic mass is 10.1. The first-order valence-electron chi connectivity index (χ1n) is 11.7. The zero-order valence-corrected chi connectivity index (χ0v) is 20.7. The molecule has 0 aliphatic heterocycles. The van der Waals surface area contributed by atoms with Crippen molar-refractivity contribution in [2.45, 2.75) is 32.2 Å². The number of esters is 1. The van der Waals surface area contributed by atoms with Crippen molar-refractivity contribution < 1.29 is 19.1 Å². The van der Waals surface area contributed by atoms with Crippen molar-refractivity contribution >= 4 is 40.8 Å². The van der Waals surface area contributed by atoms with Gasteiger partial charge in [-0.2, -0.15) is 0 Å². The van der Waals surface area contributed by atoms with Crippen LogP contribution in [0, 0.1) is 0 Å². The van der Waals surface area contributed by atoms with E-state index in [-0.39, 0.29) is 29.8 Å². The number of carbonyl (C=O) groups is 3. The standard InChI is InChI=1S/C28H29N3O4S/c32-25(17-18-26(33)35-19-7-12-21-8-3-1-4-9-21)31-28(36)30-24-15-13-23(14-16-24)27(34)29-20-22-10-5-2-6-11-22/h1-6,8-11,13-16H,7,12,17-20H2,(H,29,34)(H2,30,31,32,36). The molecule has 0 aliphatic carbocycles. The minimum atomic E-state index is -0.418. The van der Waals surface area contributed by atoms with Crippen LogP contribution in [0.3, 0.4) is 0 Å². The fourth-order valence-corrected chi connectivity index (χ4v) is 3.56. The van der Waals surface area contributed by atoms with E-state index in [1.54, 1.807) is 24.3 Å². The second-order valence-corrected chi connectivity index (χ2v) is 8.47. The second-order valence-electron chi connectivity index (χ2n) is 8.06. The molecule has 0 spiro atoms. The SMILES string of the molecule is O=C(CCC(=O)OCCCc1ccccc1)NC(=S)Nc1ccc(C(=O)NCc2ccccc2)cc1. The first kappa shape index (κ1) is 26.6. The Bertz CT molecular complexity index is 1150. The molecule has 2 amide bonds. The van der Waals surface area contributed by atoms with Crippen LogP contribution in [-0.2, 0) is 27.3 Å². The molecular weight excluding hydrogens is 474 g/mol. The van der Waals surface area contributed by atoms with E-state index in [2.05, 4.69) is 16.0 Å². The highest BCUT2D eigenvalue weighted by molar-refractivity contribution is 7.80. The second kappa shape index (κ2) is 14.4. The van der Waals surface area contributed by atoms with Crippen molar-refractivity contribution in [1.29, 1.82) is 0 Å². The third-order valence-corrected chi connectivity index (χ3v) is 5.43. The third-order valence-electron chi connectivity index (χ3n) is 5.23. The number of benzene rings is 3. The molecule has 186 valence electrons. The molecule has 0 saturated heterocycles. The molecule has 0 bridgehead atoms. The Morgan fingerprint density at radius 1 is 0.778 bits per heavy atom. The number of aryl methyl sites for hydroxylation is 1. The van der Waals surface area contributed by atoms with Crippen molar-refractivity contribution in [3.05, 3.63) is 102 Å². The molecule has 0 unspecified atom stereocenters. The third kappa shape index (κ3) is 9.68. The summed E-state index contributed by atoms with van der Waals surface area (Å²) in [5.74, 6) is -0.989. The van der Waals surface area contributed by atoms with Crippen LogP contribution in [0.2, 0.25) is 0 Å². The van der Waals surface area contributed by atoms with Gasteiger partial charge in [0.2, 0.25) is 5.91 Å². The summed E-state index contributed by atoms with van der Waals surface area (Å²) in [5, 5.41) is 8.41. The lowest BCUT2D eigenvalue weighted by Crippen LogP contribution is -2.34. The summed E-state index contributed by atoms with van der Waals surface area (Å²) < 4.78 is 5.19. The fraction of sp³-hybridized carbons (Fsp3) is 0.214. The van der Waals surface area contributed by atoms with Crippen molar-refractivity contribution in [3.8, 4) is 0 Å². The zero-order valence-electron chi connectivity index (χ0n) is 19.9. The van der Waals surface area contributed by atoms with Gasteiger partial charge >= 0.3 is 5.97 Å². The van der Waals surface area contributed by atoms with Crippen LogP contribution in [0.1, 0.15) is 40.7 Å². The van der Waals surface area contributed by atoms with Crippen LogP contribution in [0.4, 0.5) is 5.69 Å². The highest BCUT2D eigenvalue weighted by Gasteiger charge is 2.10. The molecule has 8 heteroatoms. The first-order chi connectivity index (χ1) is 17.5. The Hall–Kier alpha value is -4.04. The monoisotopic (exact) mass is 503 g/mol. The summed E-state index contributed by atoms with van der Waals surface area (Å²) in [5.41, 5.74) is 3.34. The normalized spacial score (nSPS) is 10.2. The van der Waals surface area contributed by atoms with Gasteiger partial charge in [0, 0.05) is 24.2 Å². The molecule has 3 aromatic carbocycles. The molecule has 7 nitrogen and oxygen atoms in total. The maximum atomic E-state index is 12.3. The maximum absolute atomic E-state index is 12.3. The molecule has 36 heavy (non-hydrogen) atoms. The fourth-order valence-electron chi connectivity index (χ4n) is 3.33. The van der Waals surface area contributed by atoms with Gasteiger partial charge in [-0.05, 0) is 60.5 Å². The molecule has 3 N–H and O–H groups in total. The van der Waals surface area contributed by atoms with Gasteiger partial charge in [-0.15, -0.1) is 0 Å². The number of amides is 2. The topological polar surface area (TPSA) is 96.5 Å². The molecule has 0 atom stereocenters. The Kier molecular flexibility index (Phi) is 10.6. The van der Waals surface area contributed by atoms with Crippen LogP contribution in [-0.4, -0.2) is 29.5 Å². The molecule has 0 heterocycles. The van der Waals surface area contributed by atoms with E-state index in [9.17, 15) is 14.4 Å². The van der Waals surface area contributed by atoms with Crippen molar-refractivity contribution in [2.24, 2.45) is 0 Å². The minimum absolute atomic E-state index is 0.0213. The quantitative estimate of drug-likeness (QED) is 0.204. The summed E-state index contributed by atoms with van der Waals surface area (Å²) in [7, 11) is 0. The van der Waals surface area contributed by atoms with Gasteiger partial charge in [0.05, 0.1) is 13.0 Å². The lowest BCUT2D eigenvalue weighted by Gasteiger charge is -2.10. The Labute approximate surface area is 216 Å². The van der Waals surface area contributed by atoms with Gasteiger partial charge in [-0.3, -0.25) is 14.4 Å². The van der Waals surface area contributed by atoms with Crippen LogP contribution < -0.4 is 16.0 Å². The van der Waals surface area contributed by atoms with Crippen molar-refractivity contribution in [1.82, 2.24) is 10.6 Å². The number of ether oxygens (including phenoxy) is 1. The van der Waals surface area contributed by atoms with Crippen LogP contribution in [0.25, 0.3) is 0 Å². The Balaban J connectivity index is 1.31. The first-order valence-corrected chi connectivity index (χ1v) is 12.1. The highest BCUT2D eigenvalue weighted by Crippen LogP contribution is 2.10. The molecule has 0 radical (unpaired) electrons. The average molecular weight is 504 g/mol. The molecule has 3 aromatic rings. The molecular formula is C28H29N3O4S. The van der Waals surface area contributed by atoms with E-state index in [1.807, 2.05) is 60.7 Å². The summed E-state index contributed by atoms with van der Waals surface area (Å²) in [4.78, 5) is 36.3. The van der Waals surface area contributed by atoms with E-state index in [4.69, 9.17) is 17.0 Å². The summed E-state index contributed by atoms with van der Waals surface area (Å²) >= 11 is 5.17. The smallest absolute Gasteiger partial charge is 0.306 e. The number of nitrogens with one attached hydrogen (secondary N) is 3. The largest absolute Gasteiger partial charge is 0.466 e. The summed E-state index contributed by atoms with van der Waals surface area (Å²) in [6, 6.07) is 26.3. The van der Waals surface area contributed by atoms with Crippen molar-refractivity contribution in [2.75, 3.05) is 11.9 Å². The lowest BCUT2D eigenvalue weighted by molar-refractivity contribution is -0.145. The van der Waals surface area contributed by atoms with Gasteiger partial charge in [-0.1, -0.05) is 60.7 Å².